The Morgan fingerprint density at radius 1 is 1.33 bits per heavy atom. The van der Waals surface area contributed by atoms with Gasteiger partial charge < -0.3 is 15.8 Å². The molecule has 0 aromatic rings. The lowest BCUT2D eigenvalue weighted by molar-refractivity contribution is -0.132. The van der Waals surface area contributed by atoms with Crippen LogP contribution >= 0.6 is 12.4 Å². The molecule has 106 valence electrons. The highest BCUT2D eigenvalue weighted by Crippen LogP contribution is 2.28. The van der Waals surface area contributed by atoms with Gasteiger partial charge in [-0.25, -0.2) is 0 Å². The Labute approximate surface area is 115 Å². The van der Waals surface area contributed by atoms with Gasteiger partial charge in [0, 0.05) is 12.6 Å². The van der Waals surface area contributed by atoms with E-state index >= 15 is 0 Å². The van der Waals surface area contributed by atoms with Gasteiger partial charge in [-0.2, -0.15) is 0 Å². The highest BCUT2D eigenvalue weighted by Gasteiger charge is 2.33. The van der Waals surface area contributed by atoms with Crippen LogP contribution in [0.5, 0.6) is 0 Å². The monoisotopic (exact) mass is 276 g/mol. The molecule has 1 heterocycles. The average molecular weight is 277 g/mol. The van der Waals surface area contributed by atoms with Crippen LogP contribution < -0.4 is 11.1 Å². The van der Waals surface area contributed by atoms with E-state index in [0.717, 1.165) is 25.7 Å². The van der Waals surface area contributed by atoms with Gasteiger partial charge in [0.25, 0.3) is 0 Å². The number of hydrogen-bond acceptors (Lipinski definition) is 3. The largest absolute Gasteiger partial charge is 0.364 e. The third-order valence-corrected chi connectivity index (χ3v) is 4.17. The standard InChI is InChI=1S/C13H24N2O2.ClH/c1-2-9-4-3-5-11(9)15-13(16)12-7-6-10(8-14)17-12;/h9-12H,2-8,14H2,1H3,(H,15,16);1H/t9?,10-,11?,12+;/m1./s1. The maximum Gasteiger partial charge on any atom is 0.249 e. The molecule has 4 nitrogen and oxygen atoms in total. The molecule has 2 fully saturated rings. The van der Waals surface area contributed by atoms with Crippen molar-refractivity contribution in [3.05, 3.63) is 0 Å². The first-order valence-corrected chi connectivity index (χ1v) is 6.90. The van der Waals surface area contributed by atoms with E-state index in [-0.39, 0.29) is 30.5 Å². The minimum atomic E-state index is -0.262. The molecule has 0 radical (unpaired) electrons. The van der Waals surface area contributed by atoms with Crippen LogP contribution in [0, 0.1) is 5.92 Å². The van der Waals surface area contributed by atoms with Crippen molar-refractivity contribution in [2.24, 2.45) is 11.7 Å². The summed E-state index contributed by atoms with van der Waals surface area (Å²) < 4.78 is 5.61. The van der Waals surface area contributed by atoms with Crippen molar-refractivity contribution in [1.82, 2.24) is 5.32 Å². The van der Waals surface area contributed by atoms with Crippen LogP contribution in [-0.2, 0) is 9.53 Å². The Kier molecular flexibility index (Phi) is 6.39. The van der Waals surface area contributed by atoms with Gasteiger partial charge in [-0.3, -0.25) is 4.79 Å². The second-order valence-corrected chi connectivity index (χ2v) is 5.27. The van der Waals surface area contributed by atoms with Gasteiger partial charge in [-0.05, 0) is 31.6 Å². The third kappa shape index (κ3) is 3.59. The molecular weight excluding hydrogens is 252 g/mol. The van der Waals surface area contributed by atoms with Crippen molar-refractivity contribution >= 4 is 18.3 Å². The van der Waals surface area contributed by atoms with Crippen LogP contribution in [-0.4, -0.2) is 30.7 Å². The molecule has 1 saturated carbocycles. The van der Waals surface area contributed by atoms with Crippen molar-refractivity contribution in [3.8, 4) is 0 Å². The predicted octanol–water partition coefficient (Wildman–Crippen LogP) is 1.61. The molecule has 4 atom stereocenters. The normalized spacial score (nSPS) is 35.2. The number of nitrogens with one attached hydrogen (secondary N) is 1. The van der Waals surface area contributed by atoms with Crippen molar-refractivity contribution < 1.29 is 9.53 Å². The Morgan fingerprint density at radius 2 is 2.11 bits per heavy atom. The Hall–Kier alpha value is -0.320. The molecule has 18 heavy (non-hydrogen) atoms. The zero-order valence-corrected chi connectivity index (χ0v) is 11.9. The molecule has 3 N–H and O–H groups in total. The zero-order valence-electron chi connectivity index (χ0n) is 11.1. The van der Waals surface area contributed by atoms with E-state index in [0.29, 0.717) is 18.5 Å². The van der Waals surface area contributed by atoms with Gasteiger partial charge in [0.05, 0.1) is 6.10 Å². The highest BCUT2D eigenvalue weighted by atomic mass is 35.5. The van der Waals surface area contributed by atoms with Gasteiger partial charge in [-0.1, -0.05) is 19.8 Å². The first-order valence-electron chi connectivity index (χ1n) is 6.90. The van der Waals surface area contributed by atoms with E-state index in [4.69, 9.17) is 10.5 Å². The van der Waals surface area contributed by atoms with Crippen molar-refractivity contribution in [2.75, 3.05) is 6.54 Å². The number of ether oxygens (including phenoxy) is 1. The van der Waals surface area contributed by atoms with E-state index in [1.807, 2.05) is 0 Å². The molecule has 0 spiro atoms. The molecule has 5 heteroatoms. The number of nitrogens with two attached hydrogens (primary N) is 1. The van der Waals surface area contributed by atoms with Crippen LogP contribution in [0.15, 0.2) is 0 Å². The Bertz CT molecular complexity index is 276. The summed E-state index contributed by atoms with van der Waals surface area (Å²) in [4.78, 5) is 12.0. The predicted molar refractivity (Wildman–Crippen MR) is 73.8 cm³/mol. The maximum absolute atomic E-state index is 12.0. The Balaban J connectivity index is 0.00000162. The fourth-order valence-electron chi connectivity index (χ4n) is 3.06. The summed E-state index contributed by atoms with van der Waals surface area (Å²) in [6.07, 6.45) is 6.31. The summed E-state index contributed by atoms with van der Waals surface area (Å²) in [7, 11) is 0. The lowest BCUT2D eigenvalue weighted by Gasteiger charge is -2.21. The second-order valence-electron chi connectivity index (χ2n) is 5.27. The van der Waals surface area contributed by atoms with E-state index in [2.05, 4.69) is 12.2 Å². The van der Waals surface area contributed by atoms with Crippen LogP contribution in [0.1, 0.15) is 45.4 Å². The Morgan fingerprint density at radius 3 is 2.72 bits per heavy atom. The molecule has 2 aliphatic rings. The summed E-state index contributed by atoms with van der Waals surface area (Å²) in [5, 5.41) is 3.16. The third-order valence-electron chi connectivity index (χ3n) is 4.17. The molecular formula is C13H25ClN2O2. The second kappa shape index (κ2) is 7.31. The van der Waals surface area contributed by atoms with Crippen molar-refractivity contribution in [1.29, 1.82) is 0 Å². The van der Waals surface area contributed by atoms with Gasteiger partial charge in [0.15, 0.2) is 0 Å². The number of carbonyl (C=O) groups excluding carboxylic acids is 1. The van der Waals surface area contributed by atoms with Crippen LogP contribution in [0.2, 0.25) is 0 Å². The molecule has 2 unspecified atom stereocenters. The molecule has 2 rings (SSSR count). The van der Waals surface area contributed by atoms with Gasteiger partial charge in [0.1, 0.15) is 6.10 Å². The van der Waals surface area contributed by atoms with Crippen molar-refractivity contribution in [3.63, 3.8) is 0 Å². The number of hydrogen-bond donors (Lipinski definition) is 2. The summed E-state index contributed by atoms with van der Waals surface area (Å²) in [5.41, 5.74) is 5.55. The molecule has 0 bridgehead atoms. The minimum Gasteiger partial charge on any atom is -0.364 e. The van der Waals surface area contributed by atoms with E-state index < -0.39 is 0 Å². The fourth-order valence-corrected chi connectivity index (χ4v) is 3.06. The smallest absolute Gasteiger partial charge is 0.249 e. The van der Waals surface area contributed by atoms with Crippen LogP contribution in [0.4, 0.5) is 0 Å². The first-order chi connectivity index (χ1) is 8.24. The zero-order chi connectivity index (χ0) is 12.3. The molecule has 1 aliphatic carbocycles. The van der Waals surface area contributed by atoms with Crippen molar-refractivity contribution in [2.45, 2.75) is 63.7 Å². The molecule has 0 aromatic heterocycles. The number of halogens is 1. The summed E-state index contributed by atoms with van der Waals surface area (Å²) in [6, 6.07) is 0.369. The summed E-state index contributed by atoms with van der Waals surface area (Å²) in [5.74, 6) is 0.733. The highest BCUT2D eigenvalue weighted by molar-refractivity contribution is 5.85. The van der Waals surface area contributed by atoms with Gasteiger partial charge >= 0.3 is 0 Å². The number of rotatable bonds is 4. The molecule has 1 saturated heterocycles. The van der Waals surface area contributed by atoms with Gasteiger partial charge in [0.2, 0.25) is 5.91 Å². The maximum atomic E-state index is 12.0. The topological polar surface area (TPSA) is 64.4 Å². The lowest BCUT2D eigenvalue weighted by Crippen LogP contribution is -2.43. The van der Waals surface area contributed by atoms with E-state index in [1.54, 1.807) is 0 Å². The first kappa shape index (κ1) is 15.7. The van der Waals surface area contributed by atoms with Gasteiger partial charge in [-0.15, -0.1) is 12.4 Å². The molecule has 1 aliphatic heterocycles. The summed E-state index contributed by atoms with van der Waals surface area (Å²) >= 11 is 0. The SMILES string of the molecule is CCC1CCCC1NC(=O)[C@@H]1CC[C@H](CN)O1.Cl. The van der Waals surface area contributed by atoms with Crippen LogP contribution in [0.3, 0.4) is 0 Å². The molecule has 0 aromatic carbocycles. The number of carbonyl (C=O) groups is 1. The number of amides is 1. The van der Waals surface area contributed by atoms with E-state index in [9.17, 15) is 4.79 Å². The van der Waals surface area contributed by atoms with Crippen LogP contribution in [0.25, 0.3) is 0 Å². The average Bonchev–Trinajstić information content (AvgIpc) is 2.96. The fraction of sp³-hybridized carbons (Fsp3) is 0.923. The quantitative estimate of drug-likeness (QED) is 0.820. The molecule has 1 amide bonds. The lowest BCUT2D eigenvalue weighted by atomic mass is 10.0. The van der Waals surface area contributed by atoms with E-state index in [1.165, 1.54) is 12.8 Å². The minimum absolute atomic E-state index is 0. The summed E-state index contributed by atoms with van der Waals surface area (Å²) in [6.45, 7) is 2.72.